The predicted octanol–water partition coefficient (Wildman–Crippen LogP) is 2.36. The van der Waals surface area contributed by atoms with E-state index in [0.717, 1.165) is 30.0 Å². The van der Waals surface area contributed by atoms with Crippen molar-refractivity contribution in [1.82, 2.24) is 0 Å². The number of hydrogen-bond donors (Lipinski definition) is 1. The number of benzene rings is 2. The third-order valence-corrected chi connectivity index (χ3v) is 4.24. The van der Waals surface area contributed by atoms with E-state index in [9.17, 15) is 22.4 Å². The Hall–Kier alpha value is -2.54. The highest BCUT2D eigenvalue weighted by Crippen LogP contribution is 2.20. The van der Waals surface area contributed by atoms with Crippen LogP contribution in [0.3, 0.4) is 0 Å². The monoisotopic (exact) mass is 335 g/mol. The van der Waals surface area contributed by atoms with E-state index >= 15 is 0 Å². The number of sulfone groups is 1. The highest BCUT2D eigenvalue weighted by atomic mass is 32.2. The third kappa shape index (κ3) is 4.01. The summed E-state index contributed by atoms with van der Waals surface area (Å²) in [4.78, 5) is 23.8. The van der Waals surface area contributed by atoms with Crippen molar-refractivity contribution in [2.45, 2.75) is 11.8 Å². The van der Waals surface area contributed by atoms with Crippen LogP contribution in [0.2, 0.25) is 0 Å². The molecule has 0 aliphatic carbocycles. The van der Waals surface area contributed by atoms with Crippen molar-refractivity contribution in [2.75, 3.05) is 11.6 Å². The van der Waals surface area contributed by atoms with Crippen LogP contribution < -0.4 is 5.32 Å². The van der Waals surface area contributed by atoms with E-state index in [1.807, 2.05) is 6.92 Å². The number of ketones is 1. The van der Waals surface area contributed by atoms with E-state index < -0.39 is 27.3 Å². The maximum Gasteiger partial charge on any atom is 0.296 e. The van der Waals surface area contributed by atoms with Gasteiger partial charge in [-0.15, -0.1) is 0 Å². The van der Waals surface area contributed by atoms with Gasteiger partial charge in [0.25, 0.3) is 11.7 Å². The van der Waals surface area contributed by atoms with Gasteiger partial charge in [-0.05, 0) is 25.1 Å². The Morgan fingerprint density at radius 1 is 1.04 bits per heavy atom. The van der Waals surface area contributed by atoms with Gasteiger partial charge in [-0.1, -0.05) is 29.8 Å². The number of hydrogen-bond acceptors (Lipinski definition) is 4. The fraction of sp³-hybridized carbons (Fsp3) is 0.125. The van der Waals surface area contributed by atoms with E-state index in [-0.39, 0.29) is 16.1 Å². The lowest BCUT2D eigenvalue weighted by Gasteiger charge is -2.08. The summed E-state index contributed by atoms with van der Waals surface area (Å²) in [7, 11) is -3.56. The molecular formula is C16H14FNO4S. The first kappa shape index (κ1) is 16.8. The minimum absolute atomic E-state index is 0.156. The Labute approximate surface area is 133 Å². The molecule has 0 atom stereocenters. The summed E-state index contributed by atoms with van der Waals surface area (Å²) < 4.78 is 36.7. The van der Waals surface area contributed by atoms with Gasteiger partial charge in [0.15, 0.2) is 9.84 Å². The lowest BCUT2D eigenvalue weighted by Crippen LogP contribution is -2.23. The zero-order valence-electron chi connectivity index (χ0n) is 12.5. The van der Waals surface area contributed by atoms with E-state index in [2.05, 4.69) is 5.32 Å². The van der Waals surface area contributed by atoms with Crippen LogP contribution in [-0.4, -0.2) is 26.4 Å². The van der Waals surface area contributed by atoms with Gasteiger partial charge in [0.05, 0.1) is 10.6 Å². The first-order chi connectivity index (χ1) is 10.7. The number of halogens is 1. The van der Waals surface area contributed by atoms with Crippen LogP contribution in [0.5, 0.6) is 0 Å². The van der Waals surface area contributed by atoms with Crippen LogP contribution in [0, 0.1) is 12.7 Å². The molecular weight excluding hydrogens is 321 g/mol. The quantitative estimate of drug-likeness (QED) is 0.528. The largest absolute Gasteiger partial charge is 0.317 e. The van der Waals surface area contributed by atoms with Gasteiger partial charge < -0.3 is 5.32 Å². The number of nitrogens with one attached hydrogen (secondary N) is 1. The molecule has 0 saturated carbocycles. The summed E-state index contributed by atoms with van der Waals surface area (Å²) in [6.45, 7) is 1.83. The average molecular weight is 335 g/mol. The second-order valence-corrected chi connectivity index (χ2v) is 7.08. The summed E-state index contributed by atoms with van der Waals surface area (Å²) in [6.07, 6.45) is 0.962. The van der Waals surface area contributed by atoms with Gasteiger partial charge >= 0.3 is 0 Å². The lowest BCUT2D eigenvalue weighted by atomic mass is 10.1. The van der Waals surface area contributed by atoms with Crippen LogP contribution in [0.15, 0.2) is 47.4 Å². The van der Waals surface area contributed by atoms with E-state index in [4.69, 9.17) is 0 Å². The summed E-state index contributed by atoms with van der Waals surface area (Å²) in [6, 6.07) is 9.30. The van der Waals surface area contributed by atoms with E-state index in [0.29, 0.717) is 0 Å². The molecule has 2 aromatic rings. The first-order valence-corrected chi connectivity index (χ1v) is 8.49. The van der Waals surface area contributed by atoms with Gasteiger partial charge in [-0.3, -0.25) is 9.59 Å². The maximum absolute atomic E-state index is 13.7. The lowest BCUT2D eigenvalue weighted by molar-refractivity contribution is -0.112. The van der Waals surface area contributed by atoms with Gasteiger partial charge in [-0.25, -0.2) is 12.8 Å². The van der Waals surface area contributed by atoms with Crippen molar-refractivity contribution in [3.63, 3.8) is 0 Å². The molecule has 0 unspecified atom stereocenters. The van der Waals surface area contributed by atoms with Crippen LogP contribution >= 0.6 is 0 Å². The molecule has 7 heteroatoms. The Morgan fingerprint density at radius 3 is 2.22 bits per heavy atom. The molecule has 23 heavy (non-hydrogen) atoms. The minimum atomic E-state index is -3.56. The number of carbonyl (C=O) groups excluding carboxylic acids is 2. The number of anilines is 1. The summed E-state index contributed by atoms with van der Waals surface area (Å²) in [5, 5.41) is 2.11. The van der Waals surface area contributed by atoms with E-state index in [1.54, 1.807) is 12.1 Å². The van der Waals surface area contributed by atoms with Crippen molar-refractivity contribution in [1.29, 1.82) is 0 Å². The molecule has 0 fully saturated rings. The summed E-state index contributed by atoms with van der Waals surface area (Å²) >= 11 is 0. The molecule has 0 aromatic heterocycles. The number of rotatable bonds is 4. The number of carbonyl (C=O) groups is 2. The highest BCUT2D eigenvalue weighted by molar-refractivity contribution is 7.90. The van der Waals surface area contributed by atoms with Gasteiger partial charge in [0, 0.05) is 11.8 Å². The first-order valence-electron chi connectivity index (χ1n) is 6.60. The van der Waals surface area contributed by atoms with Gasteiger partial charge in [-0.2, -0.15) is 0 Å². The van der Waals surface area contributed by atoms with Crippen LogP contribution in [0.1, 0.15) is 15.9 Å². The summed E-state index contributed by atoms with van der Waals surface area (Å²) in [5.41, 5.74) is 0.722. The van der Waals surface area contributed by atoms with Crippen LogP contribution in [-0.2, 0) is 14.6 Å². The average Bonchev–Trinajstić information content (AvgIpc) is 2.48. The Kier molecular flexibility index (Phi) is 4.60. The fourth-order valence-electron chi connectivity index (χ4n) is 1.85. The summed E-state index contributed by atoms with van der Waals surface area (Å²) in [5.74, 6) is -2.71. The van der Waals surface area contributed by atoms with Crippen LogP contribution in [0.4, 0.5) is 10.1 Å². The molecule has 120 valence electrons. The Morgan fingerprint density at radius 2 is 1.65 bits per heavy atom. The molecule has 2 aromatic carbocycles. The van der Waals surface area contributed by atoms with Gasteiger partial charge in [0.2, 0.25) is 0 Å². The second-order valence-electron chi connectivity index (χ2n) is 5.06. The zero-order chi connectivity index (χ0) is 17.2. The predicted molar refractivity (Wildman–Crippen MR) is 83.6 cm³/mol. The van der Waals surface area contributed by atoms with E-state index in [1.165, 1.54) is 12.1 Å². The number of Topliss-reactive ketones (excluding diaryl/α,β-unsaturated/α-hetero) is 1. The molecule has 2 rings (SSSR count). The smallest absolute Gasteiger partial charge is 0.296 e. The van der Waals surface area contributed by atoms with Crippen molar-refractivity contribution >= 4 is 27.2 Å². The van der Waals surface area contributed by atoms with Crippen molar-refractivity contribution in [3.05, 3.63) is 59.4 Å². The molecule has 1 amide bonds. The van der Waals surface area contributed by atoms with Crippen LogP contribution in [0.25, 0.3) is 0 Å². The third-order valence-electron chi connectivity index (χ3n) is 3.13. The Balaban J connectivity index is 2.26. The highest BCUT2D eigenvalue weighted by Gasteiger charge is 2.19. The molecule has 0 radical (unpaired) electrons. The Bertz CT molecular complexity index is 873. The SMILES string of the molecule is Cc1ccc(C(=O)C(=O)Nc2cc(S(C)(=O)=O)ccc2F)cc1. The molecule has 1 N–H and O–H groups in total. The molecule has 5 nitrogen and oxygen atoms in total. The molecule has 0 heterocycles. The zero-order valence-corrected chi connectivity index (χ0v) is 13.3. The van der Waals surface area contributed by atoms with Crippen molar-refractivity contribution < 1.29 is 22.4 Å². The molecule has 0 aliphatic rings. The number of amides is 1. The molecule has 0 saturated heterocycles. The second kappa shape index (κ2) is 6.29. The molecule has 0 bridgehead atoms. The topological polar surface area (TPSA) is 80.3 Å². The van der Waals surface area contributed by atoms with Crippen molar-refractivity contribution in [3.8, 4) is 0 Å². The standard InChI is InChI=1S/C16H14FNO4S/c1-10-3-5-11(6-4-10)15(19)16(20)18-14-9-12(23(2,21)22)7-8-13(14)17/h3-9H,1-2H3,(H,18,20). The molecule has 0 spiro atoms. The molecule has 0 aliphatic heterocycles. The normalized spacial score (nSPS) is 11.1. The minimum Gasteiger partial charge on any atom is -0.317 e. The fourth-order valence-corrected chi connectivity index (χ4v) is 2.49. The maximum atomic E-state index is 13.7. The number of aryl methyl sites for hydroxylation is 1. The van der Waals surface area contributed by atoms with Crippen molar-refractivity contribution in [2.24, 2.45) is 0 Å². The van der Waals surface area contributed by atoms with Gasteiger partial charge in [0.1, 0.15) is 5.82 Å².